The van der Waals surface area contributed by atoms with Crippen LogP contribution in [-0.4, -0.2) is 32.7 Å². The number of fused-ring (bicyclic) bond motifs is 11. The van der Waals surface area contributed by atoms with Crippen LogP contribution >= 0.6 is 0 Å². The summed E-state index contributed by atoms with van der Waals surface area (Å²) in [7, 11) is 0. The quantitative estimate of drug-likeness (QED) is 0.228. The fourth-order valence-corrected chi connectivity index (χ4v) is 5.99. The summed E-state index contributed by atoms with van der Waals surface area (Å²) < 4.78 is 3.75. The molecule has 5 aromatic rings. The van der Waals surface area contributed by atoms with Crippen LogP contribution in [0.4, 0.5) is 11.6 Å². The molecule has 0 aliphatic carbocycles. The standard InChI is InChI=1S/C33H21N9.2C2H6/c1-3-11-23-18(4-2)30-36-26-19-12-5-6-13-20(19)28(34-26)38-32-24-16-9-10-17-25(24)33-39-29-22-15-8-7-14-21(22)27(35-29)37-31(23)41(30)40-42(32)33;2*1-2/h3-17,40H,2H2,1H3;2*1-2H3/b11-3-,36-26?,36-30?,37-27?,37-31?,38-28?,38-32?,39-29?,39-33?;;. The number of nitrogens with one attached hydrogen (secondary N) is 1. The Labute approximate surface area is 266 Å². The summed E-state index contributed by atoms with van der Waals surface area (Å²) >= 11 is 0. The average molecular weight is 604 g/mol. The molecule has 4 aliphatic heterocycles. The van der Waals surface area contributed by atoms with Crippen molar-refractivity contribution in [3.63, 3.8) is 0 Å². The molecule has 9 heteroatoms. The maximum atomic E-state index is 5.16. The van der Waals surface area contributed by atoms with Gasteiger partial charge >= 0.3 is 0 Å². The molecular weight excluding hydrogens is 570 g/mol. The van der Waals surface area contributed by atoms with Crippen molar-refractivity contribution in [2.45, 2.75) is 34.6 Å². The first-order chi connectivity index (χ1) is 22.7. The van der Waals surface area contributed by atoms with E-state index >= 15 is 0 Å². The van der Waals surface area contributed by atoms with Crippen molar-refractivity contribution in [3.8, 4) is 0 Å². The van der Waals surface area contributed by atoms with Crippen molar-refractivity contribution in [2.75, 3.05) is 5.53 Å². The number of amidine groups is 4. The number of hydrogen-bond donors (Lipinski definition) is 1. The van der Waals surface area contributed by atoms with Gasteiger partial charge in [0.2, 0.25) is 0 Å². The highest BCUT2D eigenvalue weighted by molar-refractivity contribution is 6.24. The lowest BCUT2D eigenvalue weighted by atomic mass is 10.1. The van der Waals surface area contributed by atoms with E-state index in [4.69, 9.17) is 30.0 Å². The molecule has 0 atom stereocenters. The van der Waals surface area contributed by atoms with E-state index < -0.39 is 0 Å². The van der Waals surface area contributed by atoms with Gasteiger partial charge in [0, 0.05) is 44.2 Å². The molecule has 0 fully saturated rings. The van der Waals surface area contributed by atoms with Crippen molar-refractivity contribution in [2.24, 2.45) is 30.0 Å². The summed E-state index contributed by atoms with van der Waals surface area (Å²) in [5, 5.41) is 1.85. The summed E-state index contributed by atoms with van der Waals surface area (Å²) in [5.41, 5.74) is 10.3. The summed E-state index contributed by atoms with van der Waals surface area (Å²) in [6, 6.07) is 24.2. The topological polar surface area (TPSA) is 96.0 Å². The van der Waals surface area contributed by atoms with Crippen molar-refractivity contribution in [3.05, 3.63) is 130 Å². The average Bonchev–Trinajstić information content (AvgIpc) is 3.80. The number of benzene rings is 3. The Morgan fingerprint density at radius 3 is 1.39 bits per heavy atom. The van der Waals surface area contributed by atoms with Crippen LogP contribution < -0.4 is 16.5 Å². The van der Waals surface area contributed by atoms with Crippen LogP contribution in [0.3, 0.4) is 0 Å². The number of allylic oxidation sites excluding steroid dienone is 1. The maximum absolute atomic E-state index is 5.16. The van der Waals surface area contributed by atoms with E-state index in [0.717, 1.165) is 44.2 Å². The molecule has 0 amide bonds. The van der Waals surface area contributed by atoms with Crippen LogP contribution in [0.15, 0.2) is 115 Å². The van der Waals surface area contributed by atoms with E-state index in [9.17, 15) is 0 Å². The molecule has 0 saturated heterocycles. The van der Waals surface area contributed by atoms with Gasteiger partial charge in [0.25, 0.3) is 0 Å². The maximum Gasteiger partial charge on any atom is 0.165 e. The third-order valence-corrected chi connectivity index (χ3v) is 7.85. The lowest BCUT2D eigenvalue weighted by Gasteiger charge is -2.15. The molecule has 0 radical (unpaired) electrons. The minimum atomic E-state index is 0.576. The van der Waals surface area contributed by atoms with E-state index in [1.165, 1.54) is 0 Å². The molecule has 226 valence electrons. The Bertz CT molecular complexity index is 2310. The zero-order chi connectivity index (χ0) is 31.9. The lowest BCUT2D eigenvalue weighted by molar-refractivity contribution is 0.709. The van der Waals surface area contributed by atoms with Crippen LogP contribution in [0, 0.1) is 0 Å². The number of aromatic nitrogens is 2. The molecule has 9 rings (SSSR count). The van der Waals surface area contributed by atoms with Crippen LogP contribution in [0.5, 0.6) is 0 Å². The molecule has 46 heavy (non-hydrogen) atoms. The highest BCUT2D eigenvalue weighted by Gasteiger charge is 2.30. The highest BCUT2D eigenvalue weighted by atomic mass is 15.7. The largest absolute Gasteiger partial charge is 0.224 e. The molecule has 0 spiro atoms. The summed E-state index contributed by atoms with van der Waals surface area (Å²) in [6.07, 6.45) is 5.82. The first-order valence-corrected chi connectivity index (χ1v) is 15.7. The van der Waals surface area contributed by atoms with Crippen molar-refractivity contribution in [1.29, 1.82) is 0 Å². The highest BCUT2D eigenvalue weighted by Crippen LogP contribution is 2.39. The number of hydrogen-bond acceptors (Lipinski definition) is 7. The van der Waals surface area contributed by atoms with Crippen molar-refractivity contribution < 1.29 is 0 Å². The molecular formula is C37H33N9. The van der Waals surface area contributed by atoms with Crippen LogP contribution in [-0.2, 0) is 0 Å². The first-order valence-electron chi connectivity index (χ1n) is 15.7. The number of aliphatic imine (C=N–C) groups is 4. The first kappa shape index (κ1) is 28.8. The van der Waals surface area contributed by atoms with Gasteiger partial charge in [-0.1, -0.05) is 125 Å². The van der Waals surface area contributed by atoms with Crippen LogP contribution in [0.25, 0.3) is 22.9 Å². The molecule has 0 unspecified atom stereocenters. The number of nitrogens with zero attached hydrogens (tertiary/aromatic N) is 8. The second kappa shape index (κ2) is 11.5. The Balaban J connectivity index is 0.000000815. The molecule has 2 aromatic heterocycles. The van der Waals surface area contributed by atoms with E-state index in [2.05, 4.69) is 24.2 Å². The molecule has 1 N–H and O–H groups in total. The Kier molecular flexibility index (Phi) is 7.21. The third kappa shape index (κ3) is 4.16. The van der Waals surface area contributed by atoms with Gasteiger partial charge in [-0.3, -0.25) is 0 Å². The number of rotatable bonds is 2. The molecule has 6 heterocycles. The van der Waals surface area contributed by atoms with E-state index in [0.29, 0.717) is 46.0 Å². The predicted molar refractivity (Wildman–Crippen MR) is 189 cm³/mol. The van der Waals surface area contributed by atoms with E-state index in [1.807, 2.05) is 123 Å². The van der Waals surface area contributed by atoms with Gasteiger partial charge in [-0.05, 0) is 6.92 Å². The Morgan fingerprint density at radius 2 is 0.957 bits per heavy atom. The second-order valence-electron chi connectivity index (χ2n) is 10.2. The molecule has 4 aliphatic rings. The monoisotopic (exact) mass is 603 g/mol. The molecule has 0 saturated carbocycles. The van der Waals surface area contributed by atoms with Crippen molar-refractivity contribution in [1.82, 2.24) is 9.35 Å². The summed E-state index contributed by atoms with van der Waals surface area (Å²) in [6.45, 7) is 14.2. The lowest BCUT2D eigenvalue weighted by Crippen LogP contribution is -2.39. The van der Waals surface area contributed by atoms with E-state index in [-0.39, 0.29) is 0 Å². The zero-order valence-corrected chi connectivity index (χ0v) is 26.4. The van der Waals surface area contributed by atoms with Crippen molar-refractivity contribution >= 4 is 57.9 Å². The van der Waals surface area contributed by atoms with Gasteiger partial charge in [-0.25, -0.2) is 44.8 Å². The molecule has 3 aromatic carbocycles. The van der Waals surface area contributed by atoms with Gasteiger partial charge < -0.3 is 0 Å². The minimum Gasteiger partial charge on any atom is -0.224 e. The smallest absolute Gasteiger partial charge is 0.165 e. The van der Waals surface area contributed by atoms with Crippen LogP contribution in [0.2, 0.25) is 0 Å². The third-order valence-electron chi connectivity index (χ3n) is 7.85. The second-order valence-corrected chi connectivity index (χ2v) is 10.2. The van der Waals surface area contributed by atoms with Gasteiger partial charge in [0.15, 0.2) is 46.0 Å². The summed E-state index contributed by atoms with van der Waals surface area (Å²) in [4.78, 5) is 30.5. The van der Waals surface area contributed by atoms with Gasteiger partial charge in [-0.15, -0.1) is 0 Å². The molecule has 9 nitrogen and oxygen atoms in total. The van der Waals surface area contributed by atoms with Gasteiger partial charge in [0.1, 0.15) is 0 Å². The summed E-state index contributed by atoms with van der Waals surface area (Å²) in [5.74, 6) is 3.58. The minimum absolute atomic E-state index is 0.576. The van der Waals surface area contributed by atoms with E-state index in [1.54, 1.807) is 0 Å². The SMILES string of the molecule is C=Cc1c(/C=C\C)c2n3c1N=C1N=C(N=c4c5ccccc5c(n4N3)=NC3=NC(=N2)c2ccccc23)c2ccccc21.CC.CC. The normalized spacial score (nSPS) is 14.4. The van der Waals surface area contributed by atoms with Gasteiger partial charge in [0.05, 0.1) is 0 Å². The Morgan fingerprint density at radius 1 is 0.543 bits per heavy atom. The van der Waals surface area contributed by atoms with Gasteiger partial charge in [-0.2, -0.15) is 0 Å². The molecule has 6 bridgehead atoms. The zero-order valence-electron chi connectivity index (χ0n) is 26.4. The predicted octanol–water partition coefficient (Wildman–Crippen LogP) is 7.12. The Hall–Kier alpha value is -5.96. The van der Waals surface area contributed by atoms with Crippen LogP contribution in [0.1, 0.15) is 68.0 Å². The fraction of sp³-hybridized carbons (Fsp3) is 0.135. The fourth-order valence-electron chi connectivity index (χ4n) is 5.99.